The molecule has 108 valence electrons. The Hall–Kier alpha value is -2.30. The maximum absolute atomic E-state index is 13.8. The molecule has 2 heterocycles. The number of hydrogen-bond acceptors (Lipinski definition) is 3. The quantitative estimate of drug-likeness (QED) is 0.867. The Morgan fingerprint density at radius 2 is 2.19 bits per heavy atom. The van der Waals surface area contributed by atoms with Crippen LogP contribution in [0.5, 0.6) is 0 Å². The molecule has 1 atom stereocenters. The van der Waals surface area contributed by atoms with Gasteiger partial charge in [-0.05, 0) is 25.0 Å². The first-order chi connectivity index (χ1) is 10.3. The van der Waals surface area contributed by atoms with Crippen LogP contribution in [0, 0.1) is 5.82 Å². The van der Waals surface area contributed by atoms with E-state index in [9.17, 15) is 9.18 Å². The van der Waals surface area contributed by atoms with Crippen molar-refractivity contribution in [2.45, 2.75) is 25.3 Å². The molecule has 0 spiro atoms. The molecule has 0 N–H and O–H groups in total. The van der Waals surface area contributed by atoms with Crippen LogP contribution < -0.4 is 0 Å². The van der Waals surface area contributed by atoms with Crippen LogP contribution >= 0.6 is 0 Å². The Balaban J connectivity index is 1.62. The molecule has 4 nitrogen and oxygen atoms in total. The number of likely N-dealkylation sites (tertiary alicyclic amines) is 1. The summed E-state index contributed by atoms with van der Waals surface area (Å²) in [7, 11) is 0. The molecule has 1 aromatic carbocycles. The second kappa shape index (κ2) is 5.99. The van der Waals surface area contributed by atoms with Gasteiger partial charge in [0.05, 0.1) is 6.04 Å². The lowest BCUT2D eigenvalue weighted by atomic mass is 9.93. The number of aryl methyl sites for hydroxylation is 1. The summed E-state index contributed by atoms with van der Waals surface area (Å²) in [6, 6.07) is 8.35. The van der Waals surface area contributed by atoms with E-state index in [-0.39, 0.29) is 17.8 Å². The van der Waals surface area contributed by atoms with Crippen LogP contribution in [0.3, 0.4) is 0 Å². The molecule has 0 saturated carbocycles. The normalized spacial score (nSPS) is 17.4. The van der Waals surface area contributed by atoms with Gasteiger partial charge >= 0.3 is 0 Å². The molecule has 1 aromatic heterocycles. The Morgan fingerprint density at radius 3 is 2.86 bits per heavy atom. The summed E-state index contributed by atoms with van der Waals surface area (Å²) in [6.07, 6.45) is 4.94. The molecule has 0 aliphatic carbocycles. The van der Waals surface area contributed by atoms with Crippen molar-refractivity contribution in [3.63, 3.8) is 0 Å². The molecule has 1 amide bonds. The first-order valence-corrected chi connectivity index (χ1v) is 7.04. The van der Waals surface area contributed by atoms with Crippen LogP contribution in [-0.4, -0.2) is 27.3 Å². The first kappa shape index (κ1) is 13.7. The highest BCUT2D eigenvalue weighted by molar-refractivity contribution is 5.77. The van der Waals surface area contributed by atoms with Crippen LogP contribution in [0.2, 0.25) is 0 Å². The molecule has 1 fully saturated rings. The van der Waals surface area contributed by atoms with Gasteiger partial charge in [-0.25, -0.2) is 14.4 Å². The molecule has 5 heteroatoms. The van der Waals surface area contributed by atoms with Crippen molar-refractivity contribution < 1.29 is 9.18 Å². The van der Waals surface area contributed by atoms with Crippen LogP contribution in [0.15, 0.2) is 42.9 Å². The molecule has 21 heavy (non-hydrogen) atoms. The van der Waals surface area contributed by atoms with Gasteiger partial charge in [0.1, 0.15) is 12.1 Å². The summed E-state index contributed by atoms with van der Waals surface area (Å²) in [6.45, 7) is 0.696. The first-order valence-electron chi connectivity index (χ1n) is 7.04. The van der Waals surface area contributed by atoms with E-state index in [1.54, 1.807) is 35.4 Å². The van der Waals surface area contributed by atoms with Crippen molar-refractivity contribution in [3.05, 3.63) is 59.9 Å². The van der Waals surface area contributed by atoms with Crippen molar-refractivity contribution in [3.8, 4) is 0 Å². The lowest BCUT2D eigenvalue weighted by Crippen LogP contribution is -2.45. The highest BCUT2D eigenvalue weighted by Gasteiger charge is 2.34. The predicted molar refractivity (Wildman–Crippen MR) is 75.8 cm³/mol. The van der Waals surface area contributed by atoms with Crippen molar-refractivity contribution in [2.24, 2.45) is 0 Å². The number of carbonyl (C=O) groups is 1. The largest absolute Gasteiger partial charge is 0.335 e. The number of benzene rings is 1. The molecule has 1 aliphatic heterocycles. The molecular formula is C16H16FN3O. The number of nitrogens with zero attached hydrogens (tertiary/aromatic N) is 3. The van der Waals surface area contributed by atoms with Crippen molar-refractivity contribution in [2.75, 3.05) is 6.54 Å². The van der Waals surface area contributed by atoms with Crippen LogP contribution in [-0.2, 0) is 11.2 Å². The fourth-order valence-electron chi connectivity index (χ4n) is 2.60. The predicted octanol–water partition coefficient (Wildman–Crippen LogP) is 2.52. The summed E-state index contributed by atoms with van der Waals surface area (Å²) >= 11 is 0. The highest BCUT2D eigenvalue weighted by atomic mass is 19.1. The molecule has 0 unspecified atom stereocenters. The zero-order valence-corrected chi connectivity index (χ0v) is 11.6. The van der Waals surface area contributed by atoms with E-state index in [0.717, 1.165) is 12.1 Å². The minimum atomic E-state index is -0.240. The van der Waals surface area contributed by atoms with Gasteiger partial charge in [0.25, 0.3) is 0 Å². The van der Waals surface area contributed by atoms with E-state index in [1.807, 2.05) is 0 Å². The molecule has 2 aromatic rings. The third kappa shape index (κ3) is 2.91. The minimum absolute atomic E-state index is 0.0492. The Morgan fingerprint density at radius 1 is 1.33 bits per heavy atom. The fraction of sp³-hybridized carbons (Fsp3) is 0.312. The lowest BCUT2D eigenvalue weighted by molar-refractivity contribution is -0.139. The number of carbonyl (C=O) groups excluding carboxylic acids is 1. The number of hydrogen-bond donors (Lipinski definition) is 0. The van der Waals surface area contributed by atoms with Gasteiger partial charge in [0, 0.05) is 30.4 Å². The molecule has 1 saturated heterocycles. The van der Waals surface area contributed by atoms with Crippen LogP contribution in [0.1, 0.15) is 30.1 Å². The van der Waals surface area contributed by atoms with Gasteiger partial charge in [-0.3, -0.25) is 4.79 Å². The SMILES string of the molecule is O=C(CCc1ccncn1)N1CC[C@@H]1c1ccccc1F. The zero-order valence-electron chi connectivity index (χ0n) is 11.6. The average Bonchev–Trinajstić information content (AvgIpc) is 2.47. The Bertz CT molecular complexity index is 632. The maximum Gasteiger partial charge on any atom is 0.223 e. The van der Waals surface area contributed by atoms with Gasteiger partial charge in [0.2, 0.25) is 5.91 Å². The third-order valence-corrected chi connectivity index (χ3v) is 3.84. The number of rotatable bonds is 4. The summed E-state index contributed by atoms with van der Waals surface area (Å²) in [5, 5.41) is 0. The monoisotopic (exact) mass is 285 g/mol. The Labute approximate surface area is 122 Å². The second-order valence-corrected chi connectivity index (χ2v) is 5.11. The second-order valence-electron chi connectivity index (χ2n) is 5.11. The van der Waals surface area contributed by atoms with Crippen molar-refractivity contribution >= 4 is 5.91 Å². The fourth-order valence-corrected chi connectivity index (χ4v) is 2.60. The van der Waals surface area contributed by atoms with Gasteiger partial charge < -0.3 is 4.90 Å². The molecule has 1 aliphatic rings. The van der Waals surface area contributed by atoms with E-state index in [1.165, 1.54) is 12.4 Å². The topological polar surface area (TPSA) is 46.1 Å². The zero-order chi connectivity index (χ0) is 14.7. The van der Waals surface area contributed by atoms with Crippen molar-refractivity contribution in [1.29, 1.82) is 0 Å². The van der Waals surface area contributed by atoms with E-state index >= 15 is 0 Å². The molecule has 0 radical (unpaired) electrons. The summed E-state index contributed by atoms with van der Waals surface area (Å²) < 4.78 is 13.8. The van der Waals surface area contributed by atoms with Crippen LogP contribution in [0.25, 0.3) is 0 Å². The smallest absolute Gasteiger partial charge is 0.223 e. The summed E-state index contributed by atoms with van der Waals surface area (Å²) in [5.41, 5.74) is 1.46. The third-order valence-electron chi connectivity index (χ3n) is 3.84. The van der Waals surface area contributed by atoms with E-state index in [0.29, 0.717) is 24.9 Å². The summed E-state index contributed by atoms with van der Waals surface area (Å²) in [5.74, 6) is -0.191. The van der Waals surface area contributed by atoms with Gasteiger partial charge in [-0.2, -0.15) is 0 Å². The molecule has 0 bridgehead atoms. The minimum Gasteiger partial charge on any atom is -0.335 e. The number of aromatic nitrogens is 2. The van der Waals surface area contributed by atoms with Gasteiger partial charge in [0.15, 0.2) is 0 Å². The van der Waals surface area contributed by atoms with Crippen molar-refractivity contribution in [1.82, 2.24) is 14.9 Å². The average molecular weight is 285 g/mol. The maximum atomic E-state index is 13.8. The van der Waals surface area contributed by atoms with Gasteiger partial charge in [-0.1, -0.05) is 18.2 Å². The van der Waals surface area contributed by atoms with E-state index < -0.39 is 0 Å². The van der Waals surface area contributed by atoms with Crippen LogP contribution in [0.4, 0.5) is 4.39 Å². The standard InChI is InChI=1S/C16H16FN3O/c17-14-4-2-1-3-13(14)15-8-10-20(15)16(21)6-5-12-7-9-18-11-19-12/h1-4,7,9,11,15H,5-6,8,10H2/t15-/m1/s1. The van der Waals surface area contributed by atoms with E-state index in [2.05, 4.69) is 9.97 Å². The molecular weight excluding hydrogens is 269 g/mol. The lowest BCUT2D eigenvalue weighted by Gasteiger charge is -2.41. The molecule has 3 rings (SSSR count). The highest BCUT2D eigenvalue weighted by Crippen LogP contribution is 2.35. The van der Waals surface area contributed by atoms with E-state index in [4.69, 9.17) is 0 Å². The number of halogens is 1. The van der Waals surface area contributed by atoms with Gasteiger partial charge in [-0.15, -0.1) is 0 Å². The Kier molecular flexibility index (Phi) is 3.90. The number of amides is 1. The summed E-state index contributed by atoms with van der Waals surface area (Å²) in [4.78, 5) is 22.0.